The van der Waals surface area contributed by atoms with E-state index in [0.29, 0.717) is 5.69 Å². The number of sulfonamides is 1. The smallest absolute Gasteiger partial charge is 0.316 e. The molecule has 2 amide bonds. The van der Waals surface area contributed by atoms with Gasteiger partial charge in [-0.2, -0.15) is 0 Å². The van der Waals surface area contributed by atoms with E-state index in [1.54, 1.807) is 20.2 Å². The molecule has 1 aromatic rings. The molecule has 0 spiro atoms. The van der Waals surface area contributed by atoms with Crippen LogP contribution in [0.4, 0.5) is 10.5 Å². The van der Waals surface area contributed by atoms with Gasteiger partial charge in [-0.3, -0.25) is 0 Å². The number of nitrogens with zero attached hydrogens (tertiary/aromatic N) is 1. The average molecular weight is 314 g/mol. The van der Waals surface area contributed by atoms with Crippen molar-refractivity contribution in [2.24, 2.45) is 0 Å². The minimum atomic E-state index is -3.64. The maximum atomic E-state index is 12.1. The highest BCUT2D eigenvalue weighted by molar-refractivity contribution is 7.89. The largest absolute Gasteiger partial charge is 0.398 e. The second kappa shape index (κ2) is 6.77. The highest BCUT2D eigenvalue weighted by Gasteiger charge is 2.15. The Bertz CT molecular complexity index is 603. The van der Waals surface area contributed by atoms with Crippen LogP contribution in [0.25, 0.3) is 0 Å². The zero-order valence-electron chi connectivity index (χ0n) is 12.7. The number of hydrogen-bond donors (Lipinski definition) is 3. The molecule has 1 rings (SSSR count). The van der Waals surface area contributed by atoms with Crippen LogP contribution >= 0.6 is 0 Å². The van der Waals surface area contributed by atoms with Crippen molar-refractivity contribution < 1.29 is 13.2 Å². The lowest BCUT2D eigenvalue weighted by molar-refractivity contribution is 0.217. The molecule has 0 saturated carbocycles. The molecular weight excluding hydrogens is 292 g/mol. The molecule has 0 aliphatic rings. The quantitative estimate of drug-likeness (QED) is 0.541. The summed E-state index contributed by atoms with van der Waals surface area (Å²) in [5.41, 5.74) is 7.92. The van der Waals surface area contributed by atoms with Crippen LogP contribution in [0, 0.1) is 13.8 Å². The number of nitrogens with two attached hydrogens (primary N) is 1. The van der Waals surface area contributed by atoms with Gasteiger partial charge in [-0.1, -0.05) is 0 Å². The molecule has 0 atom stereocenters. The Morgan fingerprint density at radius 1 is 1.24 bits per heavy atom. The molecule has 0 fully saturated rings. The number of nitrogen functional groups attached to an aromatic ring is 1. The lowest BCUT2D eigenvalue weighted by Crippen LogP contribution is -2.39. The zero-order valence-corrected chi connectivity index (χ0v) is 13.5. The monoisotopic (exact) mass is 314 g/mol. The van der Waals surface area contributed by atoms with Gasteiger partial charge in [0.15, 0.2) is 0 Å². The van der Waals surface area contributed by atoms with Crippen LogP contribution in [-0.2, 0) is 10.0 Å². The van der Waals surface area contributed by atoms with E-state index in [4.69, 9.17) is 5.73 Å². The number of benzene rings is 1. The number of urea groups is 1. The summed E-state index contributed by atoms with van der Waals surface area (Å²) < 4.78 is 26.7. The van der Waals surface area contributed by atoms with Gasteiger partial charge in [-0.25, -0.2) is 17.9 Å². The predicted octanol–water partition coefficient (Wildman–Crippen LogP) is 0.435. The summed E-state index contributed by atoms with van der Waals surface area (Å²) in [5, 5.41) is 2.57. The van der Waals surface area contributed by atoms with Crippen molar-refractivity contribution in [3.8, 4) is 0 Å². The zero-order chi connectivity index (χ0) is 16.2. The molecule has 7 nitrogen and oxygen atoms in total. The summed E-state index contributed by atoms with van der Waals surface area (Å²) in [4.78, 5) is 12.8. The van der Waals surface area contributed by atoms with E-state index >= 15 is 0 Å². The summed E-state index contributed by atoms with van der Waals surface area (Å²) in [6.07, 6.45) is 0. The first-order valence-electron chi connectivity index (χ1n) is 6.46. The molecule has 0 aliphatic heterocycles. The third-order valence-electron chi connectivity index (χ3n) is 3.09. The molecule has 4 N–H and O–H groups in total. The predicted molar refractivity (Wildman–Crippen MR) is 82.6 cm³/mol. The molecule has 0 aliphatic carbocycles. The van der Waals surface area contributed by atoms with Crippen molar-refractivity contribution in [1.82, 2.24) is 14.9 Å². The standard InChI is InChI=1S/C13H22N4O3S/c1-9-7-11(8-12(14)10(9)2)21(19,20)16-6-5-15-13(18)17(3)4/h7-8,16H,5-6,14H2,1-4H3,(H,15,18). The molecular formula is C13H22N4O3S. The topological polar surface area (TPSA) is 105 Å². The van der Waals surface area contributed by atoms with Crippen molar-refractivity contribution in [2.75, 3.05) is 32.9 Å². The summed E-state index contributed by atoms with van der Waals surface area (Å²) in [6.45, 7) is 3.96. The number of rotatable bonds is 5. The van der Waals surface area contributed by atoms with Crippen LogP contribution in [0.15, 0.2) is 17.0 Å². The normalized spacial score (nSPS) is 11.2. The summed E-state index contributed by atoms with van der Waals surface area (Å²) in [7, 11) is -0.418. The number of hydrogen-bond acceptors (Lipinski definition) is 4. The van der Waals surface area contributed by atoms with Gasteiger partial charge in [0.1, 0.15) is 0 Å². The van der Waals surface area contributed by atoms with Gasteiger partial charge in [-0.05, 0) is 37.1 Å². The van der Waals surface area contributed by atoms with Crippen LogP contribution in [0.1, 0.15) is 11.1 Å². The van der Waals surface area contributed by atoms with Gasteiger partial charge in [0, 0.05) is 32.9 Å². The van der Waals surface area contributed by atoms with Crippen LogP contribution in [0.5, 0.6) is 0 Å². The SMILES string of the molecule is Cc1cc(S(=O)(=O)NCCNC(=O)N(C)C)cc(N)c1C. The van der Waals surface area contributed by atoms with Gasteiger partial charge in [0.25, 0.3) is 0 Å². The molecule has 1 aromatic carbocycles. The Balaban J connectivity index is 2.68. The van der Waals surface area contributed by atoms with Crippen molar-refractivity contribution in [3.05, 3.63) is 23.3 Å². The molecule has 0 heterocycles. The van der Waals surface area contributed by atoms with E-state index in [-0.39, 0.29) is 24.0 Å². The number of carbonyl (C=O) groups is 1. The second-order valence-corrected chi connectivity index (χ2v) is 6.75. The first kappa shape index (κ1) is 17.3. The molecule has 0 saturated heterocycles. The van der Waals surface area contributed by atoms with Crippen molar-refractivity contribution in [2.45, 2.75) is 18.7 Å². The fourth-order valence-corrected chi connectivity index (χ4v) is 2.76. The highest BCUT2D eigenvalue weighted by atomic mass is 32.2. The van der Waals surface area contributed by atoms with E-state index in [1.165, 1.54) is 11.0 Å². The lowest BCUT2D eigenvalue weighted by Gasteiger charge is -2.13. The Labute approximate surface area is 125 Å². The molecule has 21 heavy (non-hydrogen) atoms. The third-order valence-corrected chi connectivity index (χ3v) is 4.53. The van der Waals surface area contributed by atoms with Crippen LogP contribution in [0.3, 0.4) is 0 Å². The number of nitrogens with one attached hydrogen (secondary N) is 2. The first-order chi connectivity index (χ1) is 9.65. The molecule has 118 valence electrons. The summed E-state index contributed by atoms with van der Waals surface area (Å²) >= 11 is 0. The van der Waals surface area contributed by atoms with Gasteiger partial charge < -0.3 is 16.0 Å². The summed E-state index contributed by atoms with van der Waals surface area (Å²) in [5.74, 6) is 0. The van der Waals surface area contributed by atoms with Crippen molar-refractivity contribution in [1.29, 1.82) is 0 Å². The molecule has 0 radical (unpaired) electrons. The fraction of sp³-hybridized carbons (Fsp3) is 0.462. The van der Waals surface area contributed by atoms with E-state index in [1.807, 2.05) is 13.8 Å². The lowest BCUT2D eigenvalue weighted by atomic mass is 10.1. The fourth-order valence-electron chi connectivity index (χ4n) is 1.60. The Kier molecular flexibility index (Phi) is 5.56. The summed E-state index contributed by atoms with van der Waals surface area (Å²) in [6, 6.07) is 2.74. The third kappa shape index (κ3) is 4.61. The Morgan fingerprint density at radius 3 is 2.38 bits per heavy atom. The van der Waals surface area contributed by atoms with E-state index in [2.05, 4.69) is 10.0 Å². The van der Waals surface area contributed by atoms with Crippen LogP contribution in [0.2, 0.25) is 0 Å². The van der Waals surface area contributed by atoms with Crippen LogP contribution < -0.4 is 15.8 Å². The van der Waals surface area contributed by atoms with Crippen LogP contribution in [-0.4, -0.2) is 46.5 Å². The Morgan fingerprint density at radius 2 is 1.86 bits per heavy atom. The first-order valence-corrected chi connectivity index (χ1v) is 7.95. The average Bonchev–Trinajstić information content (AvgIpc) is 2.39. The maximum absolute atomic E-state index is 12.1. The van der Waals surface area contributed by atoms with Gasteiger partial charge in [0.05, 0.1) is 4.90 Å². The highest BCUT2D eigenvalue weighted by Crippen LogP contribution is 2.21. The second-order valence-electron chi connectivity index (χ2n) is 4.98. The number of amides is 2. The van der Waals surface area contributed by atoms with Gasteiger partial charge >= 0.3 is 6.03 Å². The molecule has 0 bridgehead atoms. The number of aryl methyl sites for hydroxylation is 1. The van der Waals surface area contributed by atoms with Crippen molar-refractivity contribution >= 4 is 21.7 Å². The van der Waals surface area contributed by atoms with Gasteiger partial charge in [-0.15, -0.1) is 0 Å². The maximum Gasteiger partial charge on any atom is 0.316 e. The van der Waals surface area contributed by atoms with Gasteiger partial charge in [0.2, 0.25) is 10.0 Å². The minimum Gasteiger partial charge on any atom is -0.398 e. The molecule has 0 aromatic heterocycles. The molecule has 0 unspecified atom stereocenters. The van der Waals surface area contributed by atoms with E-state index < -0.39 is 10.0 Å². The van der Waals surface area contributed by atoms with E-state index in [0.717, 1.165) is 11.1 Å². The Hall–Kier alpha value is -1.80. The molecule has 8 heteroatoms. The van der Waals surface area contributed by atoms with Crippen molar-refractivity contribution in [3.63, 3.8) is 0 Å². The van der Waals surface area contributed by atoms with E-state index in [9.17, 15) is 13.2 Å². The number of carbonyl (C=O) groups excluding carboxylic acids is 1. The minimum absolute atomic E-state index is 0.106. The number of anilines is 1.